The lowest BCUT2D eigenvalue weighted by Crippen LogP contribution is -2.62. The summed E-state index contributed by atoms with van der Waals surface area (Å²) >= 11 is 5.97. The first-order valence-corrected chi connectivity index (χ1v) is 22.5. The van der Waals surface area contributed by atoms with Crippen molar-refractivity contribution in [2.24, 2.45) is 75.9 Å². The number of carbonyl (C=O) groups is 5. The molecular weight excluding hydrogens is 756 g/mol. The smallest absolute Gasteiger partial charge is 0.306 e. The Morgan fingerprint density at radius 3 is 2.24 bits per heavy atom. The highest BCUT2D eigenvalue weighted by atomic mass is 35.5. The summed E-state index contributed by atoms with van der Waals surface area (Å²) in [6.07, 6.45) is 8.28. The van der Waals surface area contributed by atoms with E-state index in [-0.39, 0.29) is 58.5 Å². The van der Waals surface area contributed by atoms with Crippen LogP contribution in [-0.2, 0) is 19.2 Å². The summed E-state index contributed by atoms with van der Waals surface area (Å²) in [6.45, 7) is 11.9. The Morgan fingerprint density at radius 1 is 0.914 bits per heavy atom. The van der Waals surface area contributed by atoms with E-state index in [1.54, 1.807) is 12.1 Å². The van der Waals surface area contributed by atoms with Gasteiger partial charge in [0.15, 0.2) is 11.5 Å². The number of aliphatic carboxylic acids is 1. The van der Waals surface area contributed by atoms with Crippen molar-refractivity contribution in [2.75, 3.05) is 6.54 Å². The molecule has 14 unspecified atom stereocenters. The lowest BCUT2D eigenvalue weighted by Gasteiger charge is -2.63. The molecule has 7 rings (SSSR count). The van der Waals surface area contributed by atoms with Crippen LogP contribution in [0.25, 0.3) is 0 Å². The molecular formula is C47H65ClN2O8. The van der Waals surface area contributed by atoms with Crippen LogP contribution in [0.3, 0.4) is 0 Å². The monoisotopic (exact) mass is 820 g/mol. The number of aliphatic hydroxyl groups excluding tert-OH is 1. The summed E-state index contributed by atoms with van der Waals surface area (Å²) in [5.74, 6) is 1.25. The fraction of sp³-hybridized carbons (Fsp3) is 0.723. The molecule has 5 saturated carbocycles. The molecule has 0 radical (unpaired) electrons. The van der Waals surface area contributed by atoms with Gasteiger partial charge in [-0.2, -0.15) is 0 Å². The Labute approximate surface area is 348 Å². The molecule has 6 aliphatic carbocycles. The van der Waals surface area contributed by atoms with Crippen LogP contribution in [0.15, 0.2) is 35.4 Å². The van der Waals surface area contributed by atoms with E-state index >= 15 is 0 Å². The number of allylic oxidation sites excluding steroid dienone is 2. The number of halogens is 1. The van der Waals surface area contributed by atoms with Crippen molar-refractivity contribution in [1.29, 1.82) is 0 Å². The molecule has 5 N–H and O–H groups in total. The number of carbonyl (C=O) groups excluding carboxylic acids is 4. The second-order valence-corrected chi connectivity index (χ2v) is 20.6. The number of aliphatic hydroxyl groups is 2. The van der Waals surface area contributed by atoms with Crippen molar-refractivity contribution >= 4 is 41.0 Å². The van der Waals surface area contributed by atoms with Crippen LogP contribution < -0.4 is 10.6 Å². The van der Waals surface area contributed by atoms with Crippen molar-refractivity contribution in [3.05, 3.63) is 46.0 Å². The van der Waals surface area contributed by atoms with E-state index < -0.39 is 41.6 Å². The van der Waals surface area contributed by atoms with Crippen LogP contribution in [0.4, 0.5) is 0 Å². The SMILES string of the molecule is CC(C)C1=C2C3CCC4C(CCC5C(C)C(CC(=O)C6CC(C(=O)O)C6C)CCC54C)C3CCC2(CC(=O)NCC(O)(NC(=O)c2ccc(Cl)cc2)C(C)O)CC1=O. The van der Waals surface area contributed by atoms with Gasteiger partial charge in [0, 0.05) is 41.2 Å². The van der Waals surface area contributed by atoms with Gasteiger partial charge in [-0.05, 0) is 153 Å². The number of fused-ring (bicyclic) bond motifs is 7. The maximum Gasteiger partial charge on any atom is 0.306 e. The highest BCUT2D eigenvalue weighted by Gasteiger charge is 2.61. The molecule has 5 fully saturated rings. The minimum Gasteiger partial charge on any atom is -0.481 e. The van der Waals surface area contributed by atoms with Gasteiger partial charge in [0.2, 0.25) is 5.91 Å². The Hall–Kier alpha value is -3.08. The maximum atomic E-state index is 14.0. The summed E-state index contributed by atoms with van der Waals surface area (Å²) in [4.78, 5) is 65.8. The van der Waals surface area contributed by atoms with Crippen LogP contribution in [-0.4, -0.2) is 63.0 Å². The lowest BCUT2D eigenvalue weighted by molar-refractivity contribution is -0.154. The average Bonchev–Trinajstić information content (AvgIpc) is 3.46. The second-order valence-electron chi connectivity index (χ2n) is 20.2. The van der Waals surface area contributed by atoms with Gasteiger partial charge in [-0.1, -0.05) is 51.8 Å². The van der Waals surface area contributed by atoms with E-state index in [1.807, 2.05) is 6.92 Å². The highest BCUT2D eigenvalue weighted by molar-refractivity contribution is 6.30. The molecule has 1 aromatic carbocycles. The van der Waals surface area contributed by atoms with E-state index in [1.165, 1.54) is 24.6 Å². The largest absolute Gasteiger partial charge is 0.481 e. The van der Waals surface area contributed by atoms with E-state index in [0.29, 0.717) is 59.8 Å². The minimum atomic E-state index is -2.13. The molecule has 11 heteroatoms. The van der Waals surface area contributed by atoms with E-state index in [4.69, 9.17) is 11.6 Å². The Morgan fingerprint density at radius 2 is 1.60 bits per heavy atom. The third kappa shape index (κ3) is 7.50. The van der Waals surface area contributed by atoms with Crippen molar-refractivity contribution in [1.82, 2.24) is 10.6 Å². The Bertz CT molecular complexity index is 1840. The normalized spacial score (nSPS) is 38.3. The van der Waals surface area contributed by atoms with Crippen LogP contribution in [0, 0.1) is 75.9 Å². The molecule has 1 aromatic rings. The number of carboxylic acid groups (broad SMARTS) is 1. The Kier molecular flexibility index (Phi) is 11.9. The van der Waals surface area contributed by atoms with Crippen molar-refractivity contribution in [2.45, 2.75) is 130 Å². The first kappa shape index (κ1) is 43.0. The van der Waals surface area contributed by atoms with Crippen LogP contribution >= 0.6 is 11.6 Å². The zero-order valence-electron chi connectivity index (χ0n) is 35.2. The predicted octanol–water partition coefficient (Wildman–Crippen LogP) is 7.39. The van der Waals surface area contributed by atoms with Gasteiger partial charge in [-0.3, -0.25) is 24.0 Å². The molecule has 6 aliphatic rings. The number of Topliss-reactive ketones (excluding diaryl/α,β-unsaturated/α-hetero) is 2. The number of nitrogens with one attached hydrogen (secondary N) is 2. The maximum absolute atomic E-state index is 14.0. The van der Waals surface area contributed by atoms with Gasteiger partial charge in [0.25, 0.3) is 5.91 Å². The summed E-state index contributed by atoms with van der Waals surface area (Å²) in [5, 5.41) is 37.1. The molecule has 318 valence electrons. The number of benzene rings is 1. The predicted molar refractivity (Wildman–Crippen MR) is 220 cm³/mol. The fourth-order valence-electron chi connectivity index (χ4n) is 13.8. The van der Waals surface area contributed by atoms with E-state index in [9.17, 15) is 39.3 Å². The standard InChI is InChI=1S/C47H65ClN2O8/c1-24(2)41-39(53)21-46(22-40(54)49-23-47(58,27(5)51)50-43(55)28-7-9-30(48)10-8-28)18-16-31-32-11-13-36-25(3)29(19-38(52)34-20-35(26(34)4)44(56)57)15-17-45(36,6)37(32)14-12-33(31)42(41)46/h7-10,24-27,29,31-37,51,58H,11-23H2,1-6H3,(H,49,54)(H,50,55)(H,56,57). The van der Waals surface area contributed by atoms with E-state index in [2.05, 4.69) is 38.3 Å². The summed E-state index contributed by atoms with van der Waals surface area (Å²) in [5.41, 5.74) is -0.177. The van der Waals surface area contributed by atoms with Gasteiger partial charge in [0.05, 0.1) is 12.5 Å². The number of hydrogen-bond donors (Lipinski definition) is 5. The quantitative estimate of drug-likeness (QED) is 0.136. The number of carboxylic acids is 1. The summed E-state index contributed by atoms with van der Waals surface area (Å²) < 4.78 is 0. The Balaban J connectivity index is 1.03. The topological polar surface area (TPSA) is 170 Å². The van der Waals surface area contributed by atoms with Gasteiger partial charge in [0.1, 0.15) is 11.9 Å². The van der Waals surface area contributed by atoms with Gasteiger partial charge < -0.3 is 26.0 Å². The zero-order chi connectivity index (χ0) is 42.1. The second kappa shape index (κ2) is 16.1. The minimum absolute atomic E-state index is 0.0392. The molecule has 0 spiro atoms. The molecule has 0 aliphatic heterocycles. The molecule has 0 bridgehead atoms. The lowest BCUT2D eigenvalue weighted by atomic mass is 9.42. The molecule has 0 saturated heterocycles. The average molecular weight is 821 g/mol. The molecule has 0 aromatic heterocycles. The first-order valence-electron chi connectivity index (χ1n) is 22.1. The van der Waals surface area contributed by atoms with Gasteiger partial charge in [-0.15, -0.1) is 0 Å². The zero-order valence-corrected chi connectivity index (χ0v) is 35.9. The van der Waals surface area contributed by atoms with Crippen LogP contribution in [0.5, 0.6) is 0 Å². The van der Waals surface area contributed by atoms with Gasteiger partial charge >= 0.3 is 5.97 Å². The highest BCUT2D eigenvalue weighted by Crippen LogP contribution is 2.68. The number of hydrogen-bond acceptors (Lipinski definition) is 7. The molecule has 2 amide bonds. The first-order chi connectivity index (χ1) is 27.3. The van der Waals surface area contributed by atoms with Crippen molar-refractivity contribution in [3.8, 4) is 0 Å². The number of rotatable bonds is 12. The van der Waals surface area contributed by atoms with Crippen LogP contribution in [0.2, 0.25) is 5.02 Å². The van der Waals surface area contributed by atoms with Crippen LogP contribution in [0.1, 0.15) is 129 Å². The third-order valence-electron chi connectivity index (χ3n) is 17.0. The molecule has 14 atom stereocenters. The van der Waals surface area contributed by atoms with E-state index in [0.717, 1.165) is 56.9 Å². The third-order valence-corrected chi connectivity index (χ3v) is 17.3. The molecule has 0 heterocycles. The fourth-order valence-corrected chi connectivity index (χ4v) is 13.9. The summed E-state index contributed by atoms with van der Waals surface area (Å²) in [7, 11) is 0. The molecule has 10 nitrogen and oxygen atoms in total. The van der Waals surface area contributed by atoms with Crippen molar-refractivity contribution < 1.29 is 39.3 Å². The number of ketones is 2. The summed E-state index contributed by atoms with van der Waals surface area (Å²) in [6, 6.07) is 6.14. The molecule has 58 heavy (non-hydrogen) atoms. The number of amides is 2. The van der Waals surface area contributed by atoms with Gasteiger partial charge in [-0.25, -0.2) is 0 Å². The van der Waals surface area contributed by atoms with Crippen molar-refractivity contribution in [3.63, 3.8) is 0 Å².